The van der Waals surface area contributed by atoms with E-state index in [4.69, 9.17) is 0 Å². The molecule has 0 atom stereocenters. The first-order chi connectivity index (χ1) is 16.1. The molecule has 34 heavy (non-hydrogen) atoms. The van der Waals surface area contributed by atoms with E-state index in [1.165, 1.54) is 4.31 Å². The molecule has 0 saturated carbocycles. The second-order valence-corrected chi connectivity index (χ2v) is 10.8. The van der Waals surface area contributed by atoms with Gasteiger partial charge >= 0.3 is 0 Å². The first-order valence-electron chi connectivity index (χ1n) is 11.2. The number of aryl methyl sites for hydroxylation is 2. The highest BCUT2D eigenvalue weighted by atomic mass is 32.2. The summed E-state index contributed by atoms with van der Waals surface area (Å²) in [6, 6.07) is 5.08. The molecule has 1 aromatic carbocycles. The van der Waals surface area contributed by atoms with Crippen LogP contribution in [0.4, 0.5) is 16.0 Å². The third-order valence-electron chi connectivity index (χ3n) is 6.00. The summed E-state index contributed by atoms with van der Waals surface area (Å²) < 4.78 is 44.3. The molecular weight excluding hydrogens is 457 g/mol. The van der Waals surface area contributed by atoms with E-state index in [1.807, 2.05) is 32.4 Å². The number of benzene rings is 1. The Labute approximate surface area is 199 Å². The normalized spacial score (nSPS) is 15.7. The van der Waals surface area contributed by atoms with Gasteiger partial charge in [-0.1, -0.05) is 0 Å². The van der Waals surface area contributed by atoms with Crippen LogP contribution in [-0.2, 0) is 10.0 Å². The average Bonchev–Trinajstić information content (AvgIpc) is 3.16. The van der Waals surface area contributed by atoms with E-state index in [9.17, 15) is 12.8 Å². The molecule has 1 aliphatic heterocycles. The molecular formula is C23H30FN7O2S. The van der Waals surface area contributed by atoms with E-state index >= 15 is 0 Å². The van der Waals surface area contributed by atoms with Crippen LogP contribution in [0.5, 0.6) is 0 Å². The molecule has 1 fully saturated rings. The maximum absolute atomic E-state index is 14.6. The Kier molecular flexibility index (Phi) is 6.70. The number of rotatable bonds is 6. The molecule has 0 spiro atoms. The number of nitrogens with one attached hydrogen (secondary N) is 1. The Morgan fingerprint density at radius 3 is 2.41 bits per heavy atom. The van der Waals surface area contributed by atoms with Gasteiger partial charge in [-0.3, -0.25) is 0 Å². The van der Waals surface area contributed by atoms with Crippen LogP contribution in [0.25, 0.3) is 11.4 Å². The van der Waals surface area contributed by atoms with Crippen molar-refractivity contribution in [2.75, 3.05) is 38.5 Å². The smallest absolute Gasteiger partial charge is 0.243 e. The molecule has 11 heteroatoms. The Hall–Kier alpha value is -2.89. The molecule has 1 aliphatic rings. The number of nitrogens with zero attached hydrogens (tertiary/aromatic N) is 6. The van der Waals surface area contributed by atoms with E-state index in [0.717, 1.165) is 12.0 Å². The summed E-state index contributed by atoms with van der Waals surface area (Å²) in [5, 5.41) is 3.07. The van der Waals surface area contributed by atoms with Gasteiger partial charge in [0.2, 0.25) is 16.0 Å². The first kappa shape index (κ1) is 24.2. The quantitative estimate of drug-likeness (QED) is 0.570. The standard InChI is InChI=1S/C23H30FN7O2S/c1-15(2)31-17(4)25-14-20(31)22-19(24)13-26-23(28-22)27-18-6-7-21(16(3)12-18)34(32,33)30-10-8-29(5)9-11-30/h6-7,12-15H,8-11H2,1-5H3,(H,26,27,28). The Balaban J connectivity index is 1.60. The van der Waals surface area contributed by atoms with Gasteiger partial charge in [-0.2, -0.15) is 4.31 Å². The summed E-state index contributed by atoms with van der Waals surface area (Å²) >= 11 is 0. The lowest BCUT2D eigenvalue weighted by Crippen LogP contribution is -2.47. The summed E-state index contributed by atoms with van der Waals surface area (Å²) in [5.41, 5.74) is 1.94. The van der Waals surface area contributed by atoms with Gasteiger partial charge in [0.25, 0.3) is 0 Å². The van der Waals surface area contributed by atoms with E-state index in [2.05, 4.69) is 25.2 Å². The van der Waals surface area contributed by atoms with Crippen molar-refractivity contribution in [2.24, 2.45) is 0 Å². The number of hydrogen-bond acceptors (Lipinski definition) is 7. The molecule has 0 bridgehead atoms. The molecule has 0 amide bonds. The van der Waals surface area contributed by atoms with Crippen molar-refractivity contribution in [1.29, 1.82) is 0 Å². The molecule has 2 aromatic heterocycles. The molecule has 4 rings (SSSR count). The average molecular weight is 488 g/mol. The van der Waals surface area contributed by atoms with Gasteiger partial charge in [-0.15, -0.1) is 0 Å². The van der Waals surface area contributed by atoms with Gasteiger partial charge in [0.1, 0.15) is 11.5 Å². The summed E-state index contributed by atoms with van der Waals surface area (Å²) in [6.45, 7) is 9.97. The first-order valence-corrected chi connectivity index (χ1v) is 12.6. The second-order valence-electron chi connectivity index (χ2n) is 8.86. The predicted octanol–water partition coefficient (Wildman–Crippen LogP) is 3.36. The molecule has 1 N–H and O–H groups in total. The summed E-state index contributed by atoms with van der Waals surface area (Å²) in [5.74, 6) is 0.432. The van der Waals surface area contributed by atoms with Gasteiger partial charge in [-0.05, 0) is 58.5 Å². The van der Waals surface area contributed by atoms with Crippen molar-refractivity contribution in [3.8, 4) is 11.4 Å². The fourth-order valence-electron chi connectivity index (χ4n) is 4.20. The van der Waals surface area contributed by atoms with E-state index in [1.54, 1.807) is 31.3 Å². The number of likely N-dealkylation sites (N-methyl/N-ethyl adjacent to an activating group) is 1. The lowest BCUT2D eigenvalue weighted by molar-refractivity contribution is 0.222. The SMILES string of the molecule is Cc1cc(Nc2ncc(F)c(-c3cnc(C)n3C(C)C)n2)ccc1S(=O)(=O)N1CCN(C)CC1. The van der Waals surface area contributed by atoms with Crippen molar-refractivity contribution in [2.45, 2.75) is 38.6 Å². The molecule has 3 heterocycles. The molecule has 1 saturated heterocycles. The molecule has 0 radical (unpaired) electrons. The Morgan fingerprint density at radius 1 is 1.06 bits per heavy atom. The molecule has 3 aromatic rings. The topological polar surface area (TPSA) is 96.2 Å². The largest absolute Gasteiger partial charge is 0.324 e. The minimum Gasteiger partial charge on any atom is -0.324 e. The van der Waals surface area contributed by atoms with Crippen LogP contribution in [0, 0.1) is 19.7 Å². The Bertz CT molecular complexity index is 1300. The maximum atomic E-state index is 14.6. The third kappa shape index (κ3) is 4.68. The number of sulfonamides is 1. The lowest BCUT2D eigenvalue weighted by Gasteiger charge is -2.31. The van der Waals surface area contributed by atoms with Crippen LogP contribution in [0.1, 0.15) is 31.3 Å². The lowest BCUT2D eigenvalue weighted by atomic mass is 10.2. The minimum atomic E-state index is -3.58. The van der Waals surface area contributed by atoms with Gasteiger partial charge in [0, 0.05) is 37.9 Å². The highest BCUT2D eigenvalue weighted by Gasteiger charge is 2.28. The fraction of sp³-hybridized carbons (Fsp3) is 0.435. The summed E-state index contributed by atoms with van der Waals surface area (Å²) in [6.07, 6.45) is 2.73. The second kappa shape index (κ2) is 9.40. The van der Waals surface area contributed by atoms with Crippen molar-refractivity contribution in [3.63, 3.8) is 0 Å². The van der Waals surface area contributed by atoms with E-state index in [0.29, 0.717) is 43.1 Å². The van der Waals surface area contributed by atoms with Crippen LogP contribution in [0.3, 0.4) is 0 Å². The Morgan fingerprint density at radius 2 is 1.76 bits per heavy atom. The fourth-order valence-corrected chi connectivity index (χ4v) is 5.83. The minimum absolute atomic E-state index is 0.0840. The zero-order chi connectivity index (χ0) is 24.6. The highest BCUT2D eigenvalue weighted by molar-refractivity contribution is 7.89. The van der Waals surface area contributed by atoms with E-state index in [-0.39, 0.29) is 22.6 Å². The van der Waals surface area contributed by atoms with Crippen molar-refractivity contribution in [3.05, 3.63) is 47.8 Å². The highest BCUT2D eigenvalue weighted by Crippen LogP contribution is 2.28. The zero-order valence-corrected chi connectivity index (χ0v) is 20.9. The van der Waals surface area contributed by atoms with E-state index < -0.39 is 15.8 Å². The number of imidazole rings is 1. The van der Waals surface area contributed by atoms with Crippen LogP contribution in [0.2, 0.25) is 0 Å². The molecule has 0 unspecified atom stereocenters. The van der Waals surface area contributed by atoms with Crippen molar-refractivity contribution in [1.82, 2.24) is 28.7 Å². The summed E-state index contributed by atoms with van der Waals surface area (Å²) in [7, 11) is -1.59. The molecule has 9 nitrogen and oxygen atoms in total. The van der Waals surface area contributed by atoms with Crippen LogP contribution < -0.4 is 5.32 Å². The zero-order valence-electron chi connectivity index (χ0n) is 20.1. The van der Waals surface area contributed by atoms with Crippen LogP contribution in [0.15, 0.2) is 35.5 Å². The number of hydrogen-bond donors (Lipinski definition) is 1. The molecule has 0 aliphatic carbocycles. The number of aromatic nitrogens is 4. The number of anilines is 2. The van der Waals surface area contributed by atoms with Crippen molar-refractivity contribution < 1.29 is 12.8 Å². The third-order valence-corrected chi connectivity index (χ3v) is 8.05. The van der Waals surface area contributed by atoms with Gasteiger partial charge in [0.15, 0.2) is 5.82 Å². The van der Waals surface area contributed by atoms with Gasteiger partial charge in [-0.25, -0.2) is 27.8 Å². The maximum Gasteiger partial charge on any atom is 0.243 e. The van der Waals surface area contributed by atoms with Crippen LogP contribution in [-0.4, -0.2) is 70.4 Å². The van der Waals surface area contributed by atoms with Crippen LogP contribution >= 0.6 is 0 Å². The van der Waals surface area contributed by atoms with Gasteiger partial charge in [0.05, 0.1) is 23.0 Å². The predicted molar refractivity (Wildman–Crippen MR) is 129 cm³/mol. The number of halogens is 1. The molecule has 182 valence electrons. The summed E-state index contributed by atoms with van der Waals surface area (Å²) in [4.78, 5) is 15.1. The van der Waals surface area contributed by atoms with Crippen molar-refractivity contribution >= 4 is 21.7 Å². The van der Waals surface area contributed by atoms with Gasteiger partial charge < -0.3 is 14.8 Å². The number of piperazine rings is 1. The monoisotopic (exact) mass is 487 g/mol.